The Morgan fingerprint density at radius 3 is 2.01 bits per heavy atom. The lowest BCUT2D eigenvalue weighted by atomic mass is 9.42. The van der Waals surface area contributed by atoms with Crippen LogP contribution < -0.4 is 0 Å². The Balaban J connectivity index is 0.780. The molecule has 4 saturated heterocycles. The van der Waals surface area contributed by atoms with Gasteiger partial charge in [-0.1, -0.05) is 55.8 Å². The number of ether oxygens (including phenoxy) is 13. The Hall–Kier alpha value is -3.97. The van der Waals surface area contributed by atoms with E-state index in [0.717, 1.165) is 11.1 Å². The first kappa shape index (κ1) is 66.0. The van der Waals surface area contributed by atoms with Crippen molar-refractivity contribution in [3.8, 4) is 0 Å². The molecule has 4 aliphatic heterocycles. The van der Waals surface area contributed by atoms with Crippen LogP contribution in [-0.2, 0) is 66.4 Å². The van der Waals surface area contributed by atoms with Crippen molar-refractivity contribution >= 4 is 18.0 Å². The Kier molecular flexibility index (Phi) is 20.0. The van der Waals surface area contributed by atoms with Crippen molar-refractivity contribution in [2.75, 3.05) is 27.9 Å². The highest BCUT2D eigenvalue weighted by atomic mass is 16.8. The number of carbonyl (C=O) groups excluding carboxylic acids is 2. The maximum absolute atomic E-state index is 14.0. The Morgan fingerprint density at radius 1 is 0.724 bits per heavy atom. The van der Waals surface area contributed by atoms with Crippen LogP contribution in [-0.4, -0.2) is 231 Å². The van der Waals surface area contributed by atoms with E-state index in [1.807, 2.05) is 43.3 Å². The van der Waals surface area contributed by atoms with Crippen LogP contribution in [0.3, 0.4) is 0 Å². The second-order valence-electron chi connectivity index (χ2n) is 25.5. The Morgan fingerprint density at radius 2 is 1.37 bits per heavy atom. The van der Waals surface area contributed by atoms with Gasteiger partial charge in [0.1, 0.15) is 83.9 Å². The molecule has 8 aliphatic rings. The number of nitrogens with zero attached hydrogens (tertiary/aromatic N) is 1. The molecule has 4 aliphatic carbocycles. The van der Waals surface area contributed by atoms with E-state index in [1.54, 1.807) is 53.0 Å². The first-order valence-electron chi connectivity index (χ1n) is 30.4. The average Bonchev–Trinajstić information content (AvgIpc) is 1.61. The van der Waals surface area contributed by atoms with Gasteiger partial charge >= 0.3 is 11.9 Å². The molecule has 10 rings (SSSR count). The highest BCUT2D eigenvalue weighted by Gasteiger charge is 2.81. The number of fused-ring (bicyclic) bond motifs is 5. The van der Waals surface area contributed by atoms with Crippen molar-refractivity contribution in [2.24, 2.45) is 16.7 Å². The third kappa shape index (κ3) is 12.0. The largest absolute Gasteiger partial charge is 0.458 e. The van der Waals surface area contributed by atoms with Crippen molar-refractivity contribution in [1.82, 2.24) is 4.98 Å². The highest BCUT2D eigenvalue weighted by molar-refractivity contribution is 5.89. The summed E-state index contributed by atoms with van der Waals surface area (Å²) in [4.78, 5) is 31.5. The number of hydrogen-bond donors (Lipinski definition) is 8. The number of aliphatic hydroxyl groups is 8. The lowest BCUT2D eigenvalue weighted by Crippen LogP contribution is -2.78. The second-order valence-corrected chi connectivity index (χ2v) is 25.5. The number of rotatable bonds is 18. The summed E-state index contributed by atoms with van der Waals surface area (Å²) < 4.78 is 80.5. The molecule has 2 aromatic rings. The highest BCUT2D eigenvalue weighted by Crippen LogP contribution is 2.71. The van der Waals surface area contributed by atoms with Crippen LogP contribution in [0, 0.1) is 16.7 Å². The monoisotopic (exact) mass is 1230 g/mol. The molecule has 27 unspecified atom stereocenters. The minimum absolute atomic E-state index is 0.0348. The van der Waals surface area contributed by atoms with E-state index in [1.165, 1.54) is 32.7 Å². The van der Waals surface area contributed by atoms with Crippen molar-refractivity contribution in [1.29, 1.82) is 0 Å². The van der Waals surface area contributed by atoms with Crippen LogP contribution in [0.25, 0.3) is 6.08 Å². The number of benzene rings is 1. The summed E-state index contributed by atoms with van der Waals surface area (Å²) in [5.74, 6) is -2.07. The molecular weight excluding hydrogens is 1140 g/mol. The summed E-state index contributed by atoms with van der Waals surface area (Å²) in [7, 11) is 4.48. The van der Waals surface area contributed by atoms with Gasteiger partial charge in [-0.15, -0.1) is 0 Å². The molecule has 1 aromatic heterocycles. The van der Waals surface area contributed by atoms with Gasteiger partial charge in [-0.2, -0.15) is 0 Å². The van der Waals surface area contributed by atoms with Gasteiger partial charge in [-0.3, -0.25) is 4.98 Å². The van der Waals surface area contributed by atoms with Crippen molar-refractivity contribution in [3.05, 3.63) is 83.7 Å². The van der Waals surface area contributed by atoms with E-state index < -0.39 is 175 Å². The summed E-state index contributed by atoms with van der Waals surface area (Å²) in [5.41, 5.74) is -6.31. The molecule has 1 aromatic carbocycles. The van der Waals surface area contributed by atoms with Crippen LogP contribution in [0.5, 0.6) is 0 Å². The van der Waals surface area contributed by atoms with E-state index >= 15 is 0 Å². The van der Waals surface area contributed by atoms with E-state index in [0.29, 0.717) is 25.7 Å². The number of aromatic nitrogens is 1. The summed E-state index contributed by atoms with van der Waals surface area (Å²) in [6.45, 7) is 9.93. The van der Waals surface area contributed by atoms with Crippen LogP contribution in [0.4, 0.5) is 0 Å². The molecule has 0 spiro atoms. The van der Waals surface area contributed by atoms with Gasteiger partial charge in [-0.05, 0) is 102 Å². The third-order valence-electron chi connectivity index (χ3n) is 20.9. The zero-order chi connectivity index (χ0) is 62.5. The van der Waals surface area contributed by atoms with Gasteiger partial charge in [0, 0.05) is 58.6 Å². The Bertz CT molecular complexity index is 2730. The van der Waals surface area contributed by atoms with Crippen LogP contribution in [0.15, 0.2) is 72.6 Å². The minimum Gasteiger partial charge on any atom is -0.458 e. The quantitative estimate of drug-likeness (QED) is 0.0604. The van der Waals surface area contributed by atoms with Gasteiger partial charge in [-0.25, -0.2) is 9.59 Å². The van der Waals surface area contributed by atoms with E-state index in [2.05, 4.69) is 11.9 Å². The van der Waals surface area contributed by atoms with Crippen molar-refractivity contribution in [2.45, 2.75) is 245 Å². The number of esters is 2. The maximum Gasteiger partial charge on any atom is 0.340 e. The van der Waals surface area contributed by atoms with E-state index in [-0.39, 0.29) is 43.8 Å². The van der Waals surface area contributed by atoms with Crippen LogP contribution >= 0.6 is 0 Å². The summed E-state index contributed by atoms with van der Waals surface area (Å²) in [5, 5.41) is 92.3. The molecule has 5 heterocycles. The van der Waals surface area contributed by atoms with Gasteiger partial charge in [0.15, 0.2) is 25.2 Å². The second kappa shape index (κ2) is 26.3. The minimum atomic E-state index is -2.03. The topological polar surface area (TPSA) is 329 Å². The van der Waals surface area contributed by atoms with Gasteiger partial charge < -0.3 is 102 Å². The fourth-order valence-corrected chi connectivity index (χ4v) is 15.8. The standard InChI is InChI=1S/C63H89NO23/c1-32-52(85-47-28-41(76-8)53(33(2)79-47)86-58-51(70)55(77-9)54(34(3)80-58)87-57-50(69)49(68)48(67)42(31-65)83-57)40(75-7)27-46(78-32)82-39-20-21-59(5)38(26-39)19-22-62(73)43(59)29-44(84-45(66)18-17-36-14-11-10-12-15-36)60(6)61(72,23-24-63(60,62)74)35(4)81-56(71)37-16-13-25-64-30-37/h10-19,25,30,32-35,39-44,46-55,57-58,65,67-70,72-74H,20-24,26-29,31H2,1-9H3. The van der Waals surface area contributed by atoms with E-state index in [4.69, 9.17) is 61.6 Å². The summed E-state index contributed by atoms with van der Waals surface area (Å²) >= 11 is 0. The van der Waals surface area contributed by atoms with Crippen molar-refractivity contribution in [3.63, 3.8) is 0 Å². The molecule has 27 atom stereocenters. The predicted molar refractivity (Wildman–Crippen MR) is 303 cm³/mol. The molecule has 484 valence electrons. The number of hydrogen-bond acceptors (Lipinski definition) is 24. The first-order chi connectivity index (χ1) is 41.4. The van der Waals surface area contributed by atoms with Crippen molar-refractivity contribution < 1.29 is 112 Å². The molecule has 3 saturated carbocycles. The number of methoxy groups -OCH3 is 3. The van der Waals surface area contributed by atoms with Crippen LogP contribution in [0.1, 0.15) is 115 Å². The molecule has 0 bridgehead atoms. The lowest BCUT2D eigenvalue weighted by Gasteiger charge is -2.67. The number of aliphatic hydroxyl groups excluding tert-OH is 5. The smallest absolute Gasteiger partial charge is 0.340 e. The fourth-order valence-electron chi connectivity index (χ4n) is 15.8. The average molecular weight is 1230 g/mol. The number of pyridine rings is 1. The molecular formula is C63H89NO23. The fraction of sp³-hybridized carbons (Fsp3) is 0.730. The van der Waals surface area contributed by atoms with Gasteiger partial charge in [0.2, 0.25) is 0 Å². The molecule has 7 fully saturated rings. The summed E-state index contributed by atoms with van der Waals surface area (Å²) in [6.07, 6.45) is -11.3. The molecule has 24 heteroatoms. The molecule has 24 nitrogen and oxygen atoms in total. The predicted octanol–water partition coefficient (Wildman–Crippen LogP) is 2.55. The summed E-state index contributed by atoms with van der Waals surface area (Å²) in [6, 6.07) is 12.4. The normalized spacial score (nSPS) is 45.9. The zero-order valence-electron chi connectivity index (χ0n) is 50.8. The third-order valence-corrected chi connectivity index (χ3v) is 20.9. The van der Waals surface area contributed by atoms with E-state index in [9.17, 15) is 50.4 Å². The molecule has 87 heavy (non-hydrogen) atoms. The molecule has 8 N–H and O–H groups in total. The zero-order valence-corrected chi connectivity index (χ0v) is 50.8. The van der Waals surface area contributed by atoms with Crippen LogP contribution in [0.2, 0.25) is 0 Å². The molecule has 0 amide bonds. The number of carbonyl (C=O) groups is 2. The maximum atomic E-state index is 14.0. The lowest BCUT2D eigenvalue weighted by molar-refractivity contribution is -0.373. The van der Waals surface area contributed by atoms with Gasteiger partial charge in [0.25, 0.3) is 0 Å². The Labute approximate surface area is 506 Å². The first-order valence-corrected chi connectivity index (χ1v) is 30.4. The van der Waals surface area contributed by atoms with Gasteiger partial charge in [0.05, 0.1) is 54.2 Å². The molecule has 0 radical (unpaired) electrons. The SMILES string of the molecule is COC1CC(OC2CCC3(C)C(=CCC4(O)C3CC(OC(=O)C=Cc3ccccc3)C3(C)C(O)(C(C)OC(=O)c5cccnc5)CCC43O)C2)OC(C)C1OC1CC(OC)C(OC2OC(C)C(OC3OC(CO)C(O)C(O)C3O)C(OC)C2O)C(C)O1.